The smallest absolute Gasteiger partial charge is 0.485 e. The highest BCUT2D eigenvalue weighted by molar-refractivity contribution is 5.91. The van der Waals surface area contributed by atoms with Crippen molar-refractivity contribution in [3.8, 4) is 11.5 Å². The normalized spacial score (nSPS) is 19.3. The largest absolute Gasteiger partial charge is 0.573 e. The number of fused-ring (bicyclic) bond motifs is 1. The molecule has 2 heterocycles. The van der Waals surface area contributed by atoms with Crippen LogP contribution < -0.4 is 9.47 Å². The molecule has 1 saturated heterocycles. The first-order valence-electron chi connectivity index (χ1n) is 10.9. The standard InChI is InChI=1S/C24H23F5N2O4/c1-13-10-19(35-24(27,28)29)22(16-6-8-30-21(13)16)34-18-7-9-31(12-20(25)26)11-17(18)14-2-4-15(5-3-14)23(32)33/h2-6,8,10,17-18,20,30H,7,9,11-12H2,1H3,(H,32,33)/t17-,18+/m0/s1. The molecule has 0 saturated carbocycles. The lowest BCUT2D eigenvalue weighted by Crippen LogP contribution is -2.45. The van der Waals surface area contributed by atoms with Crippen LogP contribution in [0.5, 0.6) is 11.5 Å². The Morgan fingerprint density at radius 2 is 1.94 bits per heavy atom. The number of carboxylic acid groups (broad SMARTS) is 1. The average Bonchev–Trinajstić information content (AvgIpc) is 3.26. The fraction of sp³-hybridized carbons (Fsp3) is 0.375. The molecular weight excluding hydrogens is 475 g/mol. The summed E-state index contributed by atoms with van der Waals surface area (Å²) in [6, 6.07) is 8.77. The lowest BCUT2D eigenvalue weighted by atomic mass is 9.87. The molecule has 1 fully saturated rings. The molecule has 6 nitrogen and oxygen atoms in total. The van der Waals surface area contributed by atoms with Gasteiger partial charge < -0.3 is 19.6 Å². The number of carboxylic acids is 1. The van der Waals surface area contributed by atoms with Gasteiger partial charge in [-0.05, 0) is 48.7 Å². The summed E-state index contributed by atoms with van der Waals surface area (Å²) < 4.78 is 76.1. The second kappa shape index (κ2) is 9.73. The summed E-state index contributed by atoms with van der Waals surface area (Å²) in [6.45, 7) is 1.61. The van der Waals surface area contributed by atoms with E-state index in [1.165, 1.54) is 18.2 Å². The van der Waals surface area contributed by atoms with E-state index in [9.17, 15) is 31.9 Å². The van der Waals surface area contributed by atoms with E-state index in [2.05, 4.69) is 9.72 Å². The fourth-order valence-electron chi connectivity index (χ4n) is 4.52. The number of nitrogens with zero attached hydrogens (tertiary/aromatic N) is 1. The number of likely N-dealkylation sites (tertiary alicyclic amines) is 1. The molecule has 0 spiro atoms. The molecule has 0 amide bonds. The third-order valence-electron chi connectivity index (χ3n) is 6.07. The summed E-state index contributed by atoms with van der Waals surface area (Å²) in [6.07, 6.45) is -6.32. The van der Waals surface area contributed by atoms with Crippen LogP contribution in [0.4, 0.5) is 22.0 Å². The maximum Gasteiger partial charge on any atom is 0.573 e. The van der Waals surface area contributed by atoms with Crippen LogP contribution in [0.2, 0.25) is 0 Å². The molecule has 1 aliphatic rings. The van der Waals surface area contributed by atoms with Crippen LogP contribution in [-0.4, -0.2) is 59.5 Å². The number of aromatic carboxylic acids is 1. The number of hydrogen-bond donors (Lipinski definition) is 2. The number of alkyl halides is 5. The van der Waals surface area contributed by atoms with Crippen LogP contribution in [0, 0.1) is 6.92 Å². The van der Waals surface area contributed by atoms with Gasteiger partial charge >= 0.3 is 12.3 Å². The summed E-state index contributed by atoms with van der Waals surface area (Å²) in [5, 5.41) is 9.58. The van der Waals surface area contributed by atoms with Gasteiger partial charge in [0, 0.05) is 30.6 Å². The number of rotatable bonds is 7. The van der Waals surface area contributed by atoms with Gasteiger partial charge in [0.15, 0.2) is 11.5 Å². The van der Waals surface area contributed by atoms with Gasteiger partial charge in [0.25, 0.3) is 6.43 Å². The molecule has 2 N–H and O–H groups in total. The average molecular weight is 498 g/mol. The molecule has 1 aromatic heterocycles. The predicted octanol–water partition coefficient (Wildman–Crippen LogP) is 5.58. The minimum atomic E-state index is -4.94. The van der Waals surface area contributed by atoms with E-state index in [4.69, 9.17) is 4.74 Å². The van der Waals surface area contributed by atoms with Crippen molar-refractivity contribution in [1.82, 2.24) is 9.88 Å². The van der Waals surface area contributed by atoms with Gasteiger partial charge in [-0.25, -0.2) is 13.6 Å². The molecule has 0 bridgehead atoms. The molecule has 11 heteroatoms. The van der Waals surface area contributed by atoms with Crippen molar-refractivity contribution in [3.63, 3.8) is 0 Å². The predicted molar refractivity (Wildman–Crippen MR) is 117 cm³/mol. The molecule has 0 aliphatic carbocycles. The van der Waals surface area contributed by atoms with E-state index in [0.29, 0.717) is 22.0 Å². The molecule has 3 aromatic rings. The third-order valence-corrected chi connectivity index (χ3v) is 6.07. The number of piperidine rings is 1. The maximum atomic E-state index is 13.2. The van der Waals surface area contributed by atoms with Crippen molar-refractivity contribution in [2.45, 2.75) is 38.2 Å². The zero-order valence-electron chi connectivity index (χ0n) is 18.6. The molecule has 2 aromatic carbocycles. The molecule has 1 aliphatic heterocycles. The van der Waals surface area contributed by atoms with Crippen molar-refractivity contribution in [2.75, 3.05) is 19.6 Å². The van der Waals surface area contributed by atoms with Crippen molar-refractivity contribution >= 4 is 16.9 Å². The first-order valence-corrected chi connectivity index (χ1v) is 10.9. The van der Waals surface area contributed by atoms with Gasteiger partial charge in [0.05, 0.1) is 17.6 Å². The second-order valence-electron chi connectivity index (χ2n) is 8.46. The number of ether oxygens (including phenoxy) is 2. The van der Waals surface area contributed by atoms with E-state index in [1.807, 2.05) is 0 Å². The SMILES string of the molecule is Cc1cc(OC(F)(F)F)c(O[C@@H]2CCN(CC(F)F)C[C@H]2c2ccc(C(=O)O)cc2)c2cc[nH]c12. The van der Waals surface area contributed by atoms with Gasteiger partial charge in [0.2, 0.25) is 0 Å². The highest BCUT2D eigenvalue weighted by atomic mass is 19.4. The molecule has 4 rings (SSSR count). The van der Waals surface area contributed by atoms with Crippen molar-refractivity contribution < 1.29 is 41.3 Å². The van der Waals surface area contributed by atoms with Gasteiger partial charge in [0.1, 0.15) is 6.10 Å². The fourth-order valence-corrected chi connectivity index (χ4v) is 4.52. The van der Waals surface area contributed by atoms with Crippen molar-refractivity contribution in [2.24, 2.45) is 0 Å². The van der Waals surface area contributed by atoms with Crippen molar-refractivity contribution in [3.05, 3.63) is 59.3 Å². The number of H-pyrrole nitrogens is 1. The van der Waals surface area contributed by atoms with Gasteiger partial charge in [-0.2, -0.15) is 0 Å². The van der Waals surface area contributed by atoms with Crippen molar-refractivity contribution in [1.29, 1.82) is 0 Å². The molecule has 2 atom stereocenters. The first-order chi connectivity index (χ1) is 16.5. The van der Waals surface area contributed by atoms with E-state index < -0.39 is 43.1 Å². The Bertz CT molecular complexity index is 1190. The minimum Gasteiger partial charge on any atom is -0.485 e. The number of hydrogen-bond acceptors (Lipinski definition) is 4. The van der Waals surface area contributed by atoms with E-state index in [-0.39, 0.29) is 30.8 Å². The molecule has 188 valence electrons. The lowest BCUT2D eigenvalue weighted by molar-refractivity contribution is -0.275. The monoisotopic (exact) mass is 498 g/mol. The van der Waals surface area contributed by atoms with Crippen LogP contribution in [0.15, 0.2) is 42.6 Å². The molecule has 0 radical (unpaired) electrons. The summed E-state index contributed by atoms with van der Waals surface area (Å²) in [5.74, 6) is -2.20. The van der Waals surface area contributed by atoms with Crippen LogP contribution in [0.3, 0.4) is 0 Å². The lowest BCUT2D eigenvalue weighted by Gasteiger charge is -2.39. The Morgan fingerprint density at radius 3 is 2.57 bits per heavy atom. The molecule has 0 unspecified atom stereocenters. The number of aromatic nitrogens is 1. The van der Waals surface area contributed by atoms with Gasteiger partial charge in [-0.1, -0.05) is 12.1 Å². The van der Waals surface area contributed by atoms with Gasteiger partial charge in [-0.15, -0.1) is 13.2 Å². The molecule has 35 heavy (non-hydrogen) atoms. The minimum absolute atomic E-state index is 0.0555. The number of aryl methyl sites for hydroxylation is 1. The highest BCUT2D eigenvalue weighted by Gasteiger charge is 2.37. The Kier molecular flexibility index (Phi) is 6.88. The number of halogens is 5. The first kappa shape index (κ1) is 24.8. The Morgan fingerprint density at radius 1 is 1.23 bits per heavy atom. The van der Waals surface area contributed by atoms with E-state index >= 15 is 0 Å². The molecular formula is C24H23F5N2O4. The summed E-state index contributed by atoms with van der Waals surface area (Å²) >= 11 is 0. The Hall–Kier alpha value is -3.34. The summed E-state index contributed by atoms with van der Waals surface area (Å²) in [5.41, 5.74) is 1.81. The number of carbonyl (C=O) groups is 1. The number of nitrogens with one attached hydrogen (secondary N) is 1. The number of aromatic amines is 1. The zero-order valence-corrected chi connectivity index (χ0v) is 18.6. The summed E-state index contributed by atoms with van der Waals surface area (Å²) in [7, 11) is 0. The Balaban J connectivity index is 1.72. The quantitative estimate of drug-likeness (QED) is 0.417. The topological polar surface area (TPSA) is 74.8 Å². The third kappa shape index (κ3) is 5.67. The zero-order chi connectivity index (χ0) is 25.3. The van der Waals surface area contributed by atoms with Crippen LogP contribution in [-0.2, 0) is 0 Å². The summed E-state index contributed by atoms with van der Waals surface area (Å²) in [4.78, 5) is 15.8. The number of benzene rings is 2. The maximum absolute atomic E-state index is 13.2. The van der Waals surface area contributed by atoms with E-state index in [0.717, 1.165) is 0 Å². The van der Waals surface area contributed by atoms with Gasteiger partial charge in [-0.3, -0.25) is 4.90 Å². The van der Waals surface area contributed by atoms with E-state index in [1.54, 1.807) is 36.2 Å². The van der Waals surface area contributed by atoms with Crippen LogP contribution in [0.25, 0.3) is 10.9 Å². The van der Waals surface area contributed by atoms with Crippen LogP contribution in [0.1, 0.15) is 33.8 Å². The second-order valence-corrected chi connectivity index (χ2v) is 8.46. The Labute approximate surface area is 197 Å². The highest BCUT2D eigenvalue weighted by Crippen LogP contribution is 2.43. The van der Waals surface area contributed by atoms with Crippen LogP contribution >= 0.6 is 0 Å².